The molecule has 0 bridgehead atoms. The summed E-state index contributed by atoms with van der Waals surface area (Å²) in [7, 11) is 1.99. The summed E-state index contributed by atoms with van der Waals surface area (Å²) in [6, 6.07) is 12.1. The van der Waals surface area contributed by atoms with Gasteiger partial charge in [0.1, 0.15) is 11.5 Å². The number of ether oxygens (including phenoxy) is 1. The number of hydrogen-bond donors (Lipinski definition) is 0. The fourth-order valence-electron chi connectivity index (χ4n) is 3.32. The number of fused-ring (bicyclic) bond motifs is 2. The molecule has 0 unspecified atom stereocenters. The van der Waals surface area contributed by atoms with E-state index in [0.29, 0.717) is 11.6 Å². The summed E-state index contributed by atoms with van der Waals surface area (Å²) in [6.07, 6.45) is 8.60. The van der Waals surface area contributed by atoms with E-state index in [2.05, 4.69) is 41.7 Å². The van der Waals surface area contributed by atoms with Gasteiger partial charge in [0, 0.05) is 11.8 Å². The predicted octanol–water partition coefficient (Wildman–Crippen LogP) is 3.93. The summed E-state index contributed by atoms with van der Waals surface area (Å²) < 4.78 is 8.14. The van der Waals surface area contributed by atoms with Gasteiger partial charge in [-0.2, -0.15) is 0 Å². The lowest BCUT2D eigenvalue weighted by Crippen LogP contribution is -2.34. The molecule has 3 heterocycles. The Morgan fingerprint density at radius 2 is 1.96 bits per heavy atom. The third-order valence-corrected chi connectivity index (χ3v) is 4.57. The standard InChI is InChI=1S/C22H20N3O/c1-15-8-6-9-17-10-7-13-23-22(17)26-16(2)20(15)21-18-11-4-5-12-19(18)24-14-25(21)3/h4-8,10-14H,2,9H2,1,3H3/q+1/b8-6-,20-15+. The Morgan fingerprint density at radius 1 is 1.12 bits per heavy atom. The van der Waals surface area contributed by atoms with Gasteiger partial charge in [-0.15, -0.1) is 0 Å². The highest BCUT2D eigenvalue weighted by Crippen LogP contribution is 2.32. The van der Waals surface area contributed by atoms with Crippen molar-refractivity contribution < 1.29 is 9.30 Å². The molecule has 4 heteroatoms. The predicted molar refractivity (Wildman–Crippen MR) is 102 cm³/mol. The van der Waals surface area contributed by atoms with Gasteiger partial charge in [0.25, 0.3) is 6.33 Å². The number of rotatable bonds is 1. The molecule has 0 fully saturated rings. The molecule has 0 spiro atoms. The highest BCUT2D eigenvalue weighted by atomic mass is 16.5. The Bertz CT molecular complexity index is 1080. The number of pyridine rings is 1. The minimum atomic E-state index is 0.584. The second-order valence-corrected chi connectivity index (χ2v) is 6.38. The van der Waals surface area contributed by atoms with Crippen LogP contribution < -0.4 is 9.30 Å². The Labute approximate surface area is 152 Å². The highest BCUT2D eigenvalue weighted by molar-refractivity contribution is 5.93. The monoisotopic (exact) mass is 342 g/mol. The van der Waals surface area contributed by atoms with E-state index >= 15 is 0 Å². The maximum Gasteiger partial charge on any atom is 0.287 e. The molecule has 0 saturated heterocycles. The number of benzene rings is 1. The molecule has 0 atom stereocenters. The molecule has 1 aliphatic heterocycles. The Kier molecular flexibility index (Phi) is 4.09. The summed E-state index contributed by atoms with van der Waals surface area (Å²) >= 11 is 0. The van der Waals surface area contributed by atoms with Crippen molar-refractivity contribution in [3.8, 4) is 5.88 Å². The van der Waals surface area contributed by atoms with E-state index in [1.54, 1.807) is 6.20 Å². The topological polar surface area (TPSA) is 38.9 Å². The normalized spacial score (nSPS) is 18.5. The van der Waals surface area contributed by atoms with Gasteiger partial charge in [-0.05, 0) is 42.1 Å². The quantitative estimate of drug-likeness (QED) is 0.629. The van der Waals surface area contributed by atoms with Gasteiger partial charge in [-0.1, -0.05) is 36.9 Å². The van der Waals surface area contributed by atoms with E-state index in [1.165, 1.54) is 0 Å². The van der Waals surface area contributed by atoms with Crippen molar-refractivity contribution in [2.24, 2.45) is 7.05 Å². The van der Waals surface area contributed by atoms with Crippen molar-refractivity contribution in [1.29, 1.82) is 0 Å². The molecule has 26 heavy (non-hydrogen) atoms. The SMILES string of the molecule is C=C1Oc2ncccc2C/C=C\C(C)=C/1c1c2ccccc2nc[n+]1C. The van der Waals surface area contributed by atoms with Crippen molar-refractivity contribution in [2.75, 3.05) is 0 Å². The third-order valence-electron chi connectivity index (χ3n) is 4.57. The fourth-order valence-corrected chi connectivity index (χ4v) is 3.32. The minimum absolute atomic E-state index is 0.584. The molecular formula is C22H20N3O+. The number of aromatic nitrogens is 3. The van der Waals surface area contributed by atoms with E-state index < -0.39 is 0 Å². The molecule has 0 radical (unpaired) electrons. The van der Waals surface area contributed by atoms with Crippen LogP contribution in [-0.4, -0.2) is 9.97 Å². The van der Waals surface area contributed by atoms with Crippen LogP contribution in [0.3, 0.4) is 0 Å². The van der Waals surface area contributed by atoms with E-state index in [1.807, 2.05) is 48.3 Å². The van der Waals surface area contributed by atoms with Crippen molar-refractivity contribution >= 4 is 16.5 Å². The maximum absolute atomic E-state index is 6.12. The van der Waals surface area contributed by atoms with Gasteiger partial charge in [-0.25, -0.2) is 9.55 Å². The summed E-state index contributed by atoms with van der Waals surface area (Å²) in [5.41, 5.74) is 5.07. The summed E-state index contributed by atoms with van der Waals surface area (Å²) in [5, 5.41) is 1.06. The first-order valence-electron chi connectivity index (χ1n) is 8.57. The average Bonchev–Trinajstić information content (AvgIpc) is 2.70. The molecule has 2 aromatic heterocycles. The average molecular weight is 342 g/mol. The van der Waals surface area contributed by atoms with Crippen molar-refractivity contribution in [3.05, 3.63) is 90.2 Å². The summed E-state index contributed by atoms with van der Waals surface area (Å²) in [4.78, 5) is 8.91. The number of hydrogen-bond acceptors (Lipinski definition) is 3. The van der Waals surface area contributed by atoms with Crippen LogP contribution in [0.2, 0.25) is 0 Å². The Balaban J connectivity index is 1.95. The van der Waals surface area contributed by atoms with Crippen LogP contribution in [0.1, 0.15) is 18.2 Å². The minimum Gasteiger partial charge on any atom is -0.439 e. The Morgan fingerprint density at radius 3 is 2.85 bits per heavy atom. The van der Waals surface area contributed by atoms with Gasteiger partial charge < -0.3 is 4.74 Å². The van der Waals surface area contributed by atoms with Crippen LogP contribution in [-0.2, 0) is 13.5 Å². The molecule has 0 N–H and O–H groups in total. The number of para-hydroxylation sites is 1. The first-order chi connectivity index (χ1) is 12.6. The molecule has 0 amide bonds. The molecule has 4 nitrogen and oxygen atoms in total. The zero-order valence-electron chi connectivity index (χ0n) is 14.9. The number of allylic oxidation sites excluding steroid dienone is 4. The third kappa shape index (κ3) is 2.80. The Hall–Kier alpha value is -3.27. The van der Waals surface area contributed by atoms with Crippen LogP contribution in [0.4, 0.5) is 0 Å². The second-order valence-electron chi connectivity index (χ2n) is 6.38. The zero-order chi connectivity index (χ0) is 18.1. The first kappa shape index (κ1) is 16.2. The van der Waals surface area contributed by atoms with Gasteiger partial charge in [0.2, 0.25) is 5.88 Å². The van der Waals surface area contributed by atoms with E-state index in [4.69, 9.17) is 4.74 Å². The van der Waals surface area contributed by atoms with Crippen molar-refractivity contribution in [1.82, 2.24) is 9.97 Å². The second kappa shape index (κ2) is 6.56. The summed E-state index contributed by atoms with van der Waals surface area (Å²) in [6.45, 7) is 6.31. The van der Waals surface area contributed by atoms with Gasteiger partial charge >= 0.3 is 0 Å². The van der Waals surface area contributed by atoms with Crippen LogP contribution in [0.5, 0.6) is 5.88 Å². The largest absolute Gasteiger partial charge is 0.439 e. The van der Waals surface area contributed by atoms with Crippen molar-refractivity contribution in [2.45, 2.75) is 13.3 Å². The first-order valence-corrected chi connectivity index (χ1v) is 8.57. The van der Waals surface area contributed by atoms with Crippen LogP contribution in [0, 0.1) is 0 Å². The lowest BCUT2D eigenvalue weighted by molar-refractivity contribution is -0.675. The summed E-state index contributed by atoms with van der Waals surface area (Å²) in [5.74, 6) is 1.19. The van der Waals surface area contributed by atoms with Crippen LogP contribution in [0.25, 0.3) is 16.5 Å². The lowest BCUT2D eigenvalue weighted by Gasteiger charge is -2.15. The van der Waals surface area contributed by atoms with E-state index in [0.717, 1.165) is 39.7 Å². The van der Waals surface area contributed by atoms with E-state index in [9.17, 15) is 0 Å². The number of nitrogens with zero attached hydrogens (tertiary/aromatic N) is 3. The van der Waals surface area contributed by atoms with Crippen molar-refractivity contribution in [3.63, 3.8) is 0 Å². The van der Waals surface area contributed by atoms with Crippen LogP contribution >= 0.6 is 0 Å². The van der Waals surface area contributed by atoms with Gasteiger partial charge in [0.05, 0.1) is 18.0 Å². The molecule has 0 aliphatic carbocycles. The van der Waals surface area contributed by atoms with Gasteiger partial charge in [-0.3, -0.25) is 0 Å². The molecule has 0 saturated carbocycles. The molecule has 4 rings (SSSR count). The molecule has 3 aromatic rings. The van der Waals surface area contributed by atoms with Gasteiger partial charge in [0.15, 0.2) is 5.52 Å². The molecule has 1 aromatic carbocycles. The maximum atomic E-state index is 6.12. The molecule has 128 valence electrons. The number of aryl methyl sites for hydroxylation is 1. The lowest BCUT2D eigenvalue weighted by atomic mass is 9.99. The highest BCUT2D eigenvalue weighted by Gasteiger charge is 2.23. The molecular weight excluding hydrogens is 322 g/mol. The van der Waals surface area contributed by atoms with Crippen LogP contribution in [0.15, 0.2) is 79.0 Å². The smallest absolute Gasteiger partial charge is 0.287 e. The zero-order valence-corrected chi connectivity index (χ0v) is 14.9. The fraction of sp³-hybridized carbons (Fsp3) is 0.136. The van der Waals surface area contributed by atoms with E-state index in [-0.39, 0.29) is 0 Å². The molecule has 1 aliphatic rings.